The van der Waals surface area contributed by atoms with Gasteiger partial charge in [-0.05, 0) is 78.3 Å². The predicted molar refractivity (Wildman–Crippen MR) is 135 cm³/mol. The van der Waals surface area contributed by atoms with Crippen LogP contribution in [0.1, 0.15) is 43.7 Å². The van der Waals surface area contributed by atoms with Crippen molar-refractivity contribution < 1.29 is 14.3 Å². The van der Waals surface area contributed by atoms with Crippen LogP contribution in [0, 0.1) is 14.9 Å². The number of carbonyl (C=O) groups excluding carboxylic acids is 1. The maximum absolute atomic E-state index is 12.5. The zero-order valence-electron chi connectivity index (χ0n) is 17.6. The van der Waals surface area contributed by atoms with Gasteiger partial charge in [-0.25, -0.2) is 0 Å². The van der Waals surface area contributed by atoms with Gasteiger partial charge >= 0.3 is 0 Å². The molecule has 1 saturated carbocycles. The van der Waals surface area contributed by atoms with Crippen LogP contribution in [-0.2, 0) is 11.4 Å². The van der Waals surface area contributed by atoms with E-state index >= 15 is 0 Å². The lowest BCUT2D eigenvalue weighted by molar-refractivity contribution is -0.117. The van der Waals surface area contributed by atoms with Crippen molar-refractivity contribution in [3.8, 4) is 17.6 Å². The fourth-order valence-electron chi connectivity index (χ4n) is 3.51. The molecule has 0 spiro atoms. The van der Waals surface area contributed by atoms with Crippen LogP contribution >= 0.6 is 45.8 Å². The number of amides is 1. The van der Waals surface area contributed by atoms with Gasteiger partial charge in [0.15, 0.2) is 11.5 Å². The molecule has 0 heterocycles. The molecule has 1 fully saturated rings. The van der Waals surface area contributed by atoms with Crippen molar-refractivity contribution in [3.63, 3.8) is 0 Å². The molecule has 1 aliphatic rings. The van der Waals surface area contributed by atoms with E-state index < -0.39 is 0 Å². The van der Waals surface area contributed by atoms with Crippen LogP contribution in [0.25, 0.3) is 6.08 Å². The minimum atomic E-state index is -0.343. The van der Waals surface area contributed by atoms with Crippen LogP contribution in [0.2, 0.25) is 10.0 Å². The Morgan fingerprint density at radius 1 is 1.25 bits per heavy atom. The van der Waals surface area contributed by atoms with Crippen LogP contribution in [0.5, 0.6) is 11.5 Å². The van der Waals surface area contributed by atoms with E-state index in [2.05, 4.69) is 27.9 Å². The van der Waals surface area contributed by atoms with Gasteiger partial charge in [-0.15, -0.1) is 0 Å². The third-order valence-corrected chi connectivity index (χ3v) is 6.47. The second-order valence-corrected chi connectivity index (χ2v) is 9.42. The minimum absolute atomic E-state index is 0.0664. The number of halogens is 3. The van der Waals surface area contributed by atoms with Crippen molar-refractivity contribution in [2.45, 2.75) is 45.3 Å². The molecule has 0 radical (unpaired) electrons. The summed E-state index contributed by atoms with van der Waals surface area (Å²) in [7, 11) is 0. The summed E-state index contributed by atoms with van der Waals surface area (Å²) in [5, 5.41) is 13.6. The SMILES string of the molecule is CCOc1cc(/C=C(/C#N)C(=O)NC2CCCC2)cc(I)c1OCc1ccc(Cl)cc1Cl. The number of nitrogens with zero attached hydrogens (tertiary/aromatic N) is 1. The highest BCUT2D eigenvalue weighted by atomic mass is 127. The van der Waals surface area contributed by atoms with Crippen LogP contribution in [-0.4, -0.2) is 18.6 Å². The van der Waals surface area contributed by atoms with Gasteiger partial charge in [0, 0.05) is 21.7 Å². The Kier molecular flexibility index (Phi) is 9.09. The van der Waals surface area contributed by atoms with Crippen molar-refractivity contribution in [2.24, 2.45) is 0 Å². The standard InChI is InChI=1S/C24H23Cl2IN2O3/c1-2-31-22-11-15(9-17(13-28)24(30)29-19-5-3-4-6-19)10-21(27)23(22)32-14-16-7-8-18(25)12-20(16)26/h7-12,19H,2-6,14H2,1H3,(H,29,30)/b17-9-. The highest BCUT2D eigenvalue weighted by Gasteiger charge is 2.20. The maximum atomic E-state index is 12.5. The number of nitrogens with one attached hydrogen (secondary N) is 1. The molecule has 1 amide bonds. The smallest absolute Gasteiger partial charge is 0.262 e. The number of hydrogen-bond donors (Lipinski definition) is 1. The van der Waals surface area contributed by atoms with E-state index in [1.54, 1.807) is 24.3 Å². The monoisotopic (exact) mass is 584 g/mol. The van der Waals surface area contributed by atoms with Gasteiger partial charge < -0.3 is 14.8 Å². The van der Waals surface area contributed by atoms with E-state index in [9.17, 15) is 10.1 Å². The lowest BCUT2D eigenvalue weighted by atomic mass is 10.1. The second kappa shape index (κ2) is 11.8. The topological polar surface area (TPSA) is 71.3 Å². The summed E-state index contributed by atoms with van der Waals surface area (Å²) in [4.78, 5) is 12.5. The number of hydrogen-bond acceptors (Lipinski definition) is 4. The van der Waals surface area contributed by atoms with E-state index in [1.807, 2.05) is 25.1 Å². The molecule has 1 N–H and O–H groups in total. The molecule has 0 atom stereocenters. The molecule has 8 heteroatoms. The summed E-state index contributed by atoms with van der Waals surface area (Å²) in [5.74, 6) is 0.763. The van der Waals surface area contributed by atoms with Crippen molar-refractivity contribution in [1.82, 2.24) is 5.32 Å². The third kappa shape index (κ3) is 6.53. The largest absolute Gasteiger partial charge is 0.490 e. The van der Waals surface area contributed by atoms with Gasteiger partial charge in [0.25, 0.3) is 5.91 Å². The summed E-state index contributed by atoms with van der Waals surface area (Å²) in [5.41, 5.74) is 1.55. The number of benzene rings is 2. The summed E-state index contributed by atoms with van der Waals surface area (Å²) in [6, 6.07) is 11.0. The maximum Gasteiger partial charge on any atom is 0.262 e. The Labute approximate surface area is 211 Å². The number of nitriles is 1. The Morgan fingerprint density at radius 2 is 2.00 bits per heavy atom. The second-order valence-electron chi connectivity index (χ2n) is 7.41. The van der Waals surface area contributed by atoms with Crippen LogP contribution < -0.4 is 14.8 Å². The third-order valence-electron chi connectivity index (χ3n) is 5.09. The first-order chi connectivity index (χ1) is 15.4. The van der Waals surface area contributed by atoms with E-state index in [-0.39, 0.29) is 24.1 Å². The van der Waals surface area contributed by atoms with E-state index in [0.29, 0.717) is 33.7 Å². The first-order valence-electron chi connectivity index (χ1n) is 10.4. The molecule has 1 aliphatic carbocycles. The van der Waals surface area contributed by atoms with Gasteiger partial charge in [-0.2, -0.15) is 5.26 Å². The Hall–Kier alpha value is -1.95. The van der Waals surface area contributed by atoms with E-state index in [0.717, 1.165) is 34.8 Å². The molecule has 0 unspecified atom stereocenters. The summed E-state index contributed by atoms with van der Waals surface area (Å²) >= 11 is 14.4. The molecule has 0 aliphatic heterocycles. The molecular formula is C24H23Cl2IN2O3. The average Bonchev–Trinajstić information content (AvgIpc) is 3.25. The van der Waals surface area contributed by atoms with Crippen molar-refractivity contribution in [3.05, 3.63) is 60.6 Å². The van der Waals surface area contributed by atoms with Gasteiger partial charge in [-0.3, -0.25) is 4.79 Å². The quantitative estimate of drug-likeness (QED) is 0.217. The number of ether oxygens (including phenoxy) is 2. The molecule has 32 heavy (non-hydrogen) atoms. The first-order valence-corrected chi connectivity index (χ1v) is 12.2. The fourth-order valence-corrected chi connectivity index (χ4v) is 4.76. The van der Waals surface area contributed by atoms with Crippen LogP contribution in [0.4, 0.5) is 0 Å². The first kappa shape index (κ1) is 24.7. The van der Waals surface area contributed by atoms with Crippen LogP contribution in [0.3, 0.4) is 0 Å². The van der Waals surface area contributed by atoms with Gasteiger partial charge in [0.2, 0.25) is 0 Å². The Morgan fingerprint density at radius 3 is 2.66 bits per heavy atom. The number of rotatable bonds is 8. The fraction of sp³-hybridized carbons (Fsp3) is 0.333. The zero-order valence-corrected chi connectivity index (χ0v) is 21.3. The van der Waals surface area contributed by atoms with Crippen molar-refractivity contribution in [1.29, 1.82) is 5.26 Å². The van der Waals surface area contributed by atoms with Gasteiger partial charge in [0.05, 0.1) is 10.2 Å². The molecule has 0 aromatic heterocycles. The normalized spacial score (nSPS) is 14.2. The van der Waals surface area contributed by atoms with Gasteiger partial charge in [0.1, 0.15) is 18.2 Å². The minimum Gasteiger partial charge on any atom is -0.490 e. The molecule has 2 aromatic carbocycles. The van der Waals surface area contributed by atoms with Crippen LogP contribution in [0.15, 0.2) is 35.9 Å². The van der Waals surface area contributed by atoms with Gasteiger partial charge in [-0.1, -0.05) is 42.1 Å². The highest BCUT2D eigenvalue weighted by molar-refractivity contribution is 14.1. The summed E-state index contributed by atoms with van der Waals surface area (Å²) in [6.07, 6.45) is 5.71. The molecule has 0 bridgehead atoms. The van der Waals surface area contributed by atoms with Crippen molar-refractivity contribution >= 4 is 57.8 Å². The lowest BCUT2D eigenvalue weighted by Crippen LogP contribution is -2.33. The Balaban J connectivity index is 1.82. The summed E-state index contributed by atoms with van der Waals surface area (Å²) < 4.78 is 12.6. The van der Waals surface area contributed by atoms with Crippen molar-refractivity contribution in [2.75, 3.05) is 6.61 Å². The average molecular weight is 585 g/mol. The molecule has 5 nitrogen and oxygen atoms in total. The zero-order chi connectivity index (χ0) is 23.1. The summed E-state index contributed by atoms with van der Waals surface area (Å²) in [6.45, 7) is 2.56. The van der Waals surface area contributed by atoms with E-state index in [4.69, 9.17) is 32.7 Å². The molecule has 0 saturated heterocycles. The molecule has 168 valence electrons. The molecule has 3 rings (SSSR count). The Bertz CT molecular complexity index is 1060. The lowest BCUT2D eigenvalue weighted by Gasteiger charge is -2.16. The molecule has 2 aromatic rings. The number of carbonyl (C=O) groups is 1. The highest BCUT2D eigenvalue weighted by Crippen LogP contribution is 2.36. The predicted octanol–water partition coefficient (Wildman–Crippen LogP) is 6.54. The molecular weight excluding hydrogens is 562 g/mol. The van der Waals surface area contributed by atoms with E-state index in [1.165, 1.54) is 0 Å².